The van der Waals surface area contributed by atoms with Gasteiger partial charge in [0.1, 0.15) is 6.07 Å². The number of rotatable bonds is 7. The monoisotopic (exact) mass is 451 g/mol. The molecule has 0 bridgehead atoms. The maximum absolute atomic E-state index is 8.65. The van der Waals surface area contributed by atoms with E-state index in [2.05, 4.69) is 42.4 Å². The zero-order valence-electron chi connectivity index (χ0n) is 12.9. The Bertz CT molecular complexity index is 756. The number of anilines is 1. The second-order valence-electron chi connectivity index (χ2n) is 4.58. The quantitative estimate of drug-likeness (QED) is 0.476. The van der Waals surface area contributed by atoms with Crippen LogP contribution in [-0.4, -0.2) is 19.4 Å². The molecule has 24 heavy (non-hydrogen) atoms. The summed E-state index contributed by atoms with van der Waals surface area (Å²) in [5.41, 5.74) is 4.67. The van der Waals surface area contributed by atoms with Gasteiger partial charge in [-0.3, -0.25) is 5.43 Å². The van der Waals surface area contributed by atoms with Gasteiger partial charge >= 0.3 is 0 Å². The third kappa shape index (κ3) is 5.25. The number of hydrazone groups is 1. The van der Waals surface area contributed by atoms with E-state index in [-0.39, 0.29) is 6.61 Å². The second kappa shape index (κ2) is 9.30. The number of ether oxygens (including phenoxy) is 2. The molecular formula is C17H15Br2N3O2. The highest BCUT2D eigenvalue weighted by Crippen LogP contribution is 2.33. The summed E-state index contributed by atoms with van der Waals surface area (Å²) in [6, 6.07) is 13.2. The van der Waals surface area contributed by atoms with E-state index in [0.29, 0.717) is 18.1 Å². The molecule has 0 saturated carbocycles. The number of nitrogens with one attached hydrogen (secondary N) is 1. The van der Waals surface area contributed by atoms with Crippen LogP contribution in [0.1, 0.15) is 12.5 Å². The fourth-order valence-corrected chi connectivity index (χ4v) is 2.53. The smallest absolute Gasteiger partial charge is 0.174 e. The van der Waals surface area contributed by atoms with Crippen LogP contribution in [0, 0.1) is 11.3 Å². The molecule has 0 spiro atoms. The predicted molar refractivity (Wildman–Crippen MR) is 102 cm³/mol. The van der Waals surface area contributed by atoms with Crippen molar-refractivity contribution in [3.8, 4) is 17.6 Å². The molecule has 5 nitrogen and oxygen atoms in total. The van der Waals surface area contributed by atoms with Crippen LogP contribution in [0.5, 0.6) is 11.5 Å². The molecule has 0 aliphatic carbocycles. The number of halogens is 2. The number of nitriles is 1. The highest BCUT2D eigenvalue weighted by molar-refractivity contribution is 9.10. The molecule has 2 aromatic carbocycles. The van der Waals surface area contributed by atoms with Crippen LogP contribution < -0.4 is 14.9 Å². The fourth-order valence-electron chi connectivity index (χ4n) is 1.84. The van der Waals surface area contributed by atoms with Crippen LogP contribution in [0.15, 0.2) is 50.4 Å². The Morgan fingerprint density at radius 1 is 1.17 bits per heavy atom. The van der Waals surface area contributed by atoms with Gasteiger partial charge in [-0.25, -0.2) is 0 Å². The molecule has 0 atom stereocenters. The van der Waals surface area contributed by atoms with Crippen molar-refractivity contribution in [3.63, 3.8) is 0 Å². The summed E-state index contributed by atoms with van der Waals surface area (Å²) in [6.07, 6.45) is 1.68. The Hall–Kier alpha value is -2.04. The van der Waals surface area contributed by atoms with Crippen molar-refractivity contribution in [2.75, 3.05) is 18.6 Å². The van der Waals surface area contributed by atoms with Gasteiger partial charge in [-0.15, -0.1) is 0 Å². The first-order valence-corrected chi connectivity index (χ1v) is 8.73. The van der Waals surface area contributed by atoms with Gasteiger partial charge in [0, 0.05) is 14.5 Å². The van der Waals surface area contributed by atoms with Crippen molar-refractivity contribution < 1.29 is 9.47 Å². The molecule has 0 aliphatic heterocycles. The first kappa shape index (κ1) is 18.3. The van der Waals surface area contributed by atoms with Gasteiger partial charge in [-0.05, 0) is 59.3 Å². The fraction of sp³-hybridized carbons (Fsp3) is 0.176. The maximum Gasteiger partial charge on any atom is 0.174 e. The highest BCUT2D eigenvalue weighted by Gasteiger charge is 2.10. The Balaban J connectivity index is 2.16. The number of hydrogen-bond donors (Lipinski definition) is 1. The lowest BCUT2D eigenvalue weighted by molar-refractivity contribution is 0.298. The van der Waals surface area contributed by atoms with Crippen LogP contribution in [0.25, 0.3) is 0 Å². The molecule has 0 unspecified atom stereocenters. The first-order valence-electron chi connectivity index (χ1n) is 7.14. The van der Waals surface area contributed by atoms with Gasteiger partial charge < -0.3 is 9.47 Å². The molecule has 0 amide bonds. The lowest BCUT2D eigenvalue weighted by Gasteiger charge is -2.12. The van der Waals surface area contributed by atoms with Gasteiger partial charge in [-0.1, -0.05) is 15.9 Å². The third-order valence-electron chi connectivity index (χ3n) is 2.90. The van der Waals surface area contributed by atoms with Crippen LogP contribution >= 0.6 is 31.9 Å². The molecule has 0 heterocycles. The Morgan fingerprint density at radius 3 is 2.54 bits per heavy atom. The Kier molecular flexibility index (Phi) is 7.09. The highest BCUT2D eigenvalue weighted by atomic mass is 79.9. The third-order valence-corrected chi connectivity index (χ3v) is 4.11. The molecule has 1 N–H and O–H groups in total. The van der Waals surface area contributed by atoms with E-state index in [1.165, 1.54) is 0 Å². The topological polar surface area (TPSA) is 66.6 Å². The lowest BCUT2D eigenvalue weighted by atomic mass is 10.2. The summed E-state index contributed by atoms with van der Waals surface area (Å²) >= 11 is 6.87. The maximum atomic E-state index is 8.65. The zero-order valence-corrected chi connectivity index (χ0v) is 16.1. The van der Waals surface area contributed by atoms with E-state index < -0.39 is 0 Å². The van der Waals surface area contributed by atoms with Crippen LogP contribution in [0.2, 0.25) is 0 Å². The number of benzene rings is 2. The van der Waals surface area contributed by atoms with Crippen molar-refractivity contribution in [2.45, 2.75) is 6.92 Å². The van der Waals surface area contributed by atoms with Gasteiger partial charge in [0.15, 0.2) is 18.1 Å². The largest absolute Gasteiger partial charge is 0.490 e. The normalized spacial score (nSPS) is 10.4. The summed E-state index contributed by atoms with van der Waals surface area (Å²) in [6.45, 7) is 2.35. The Labute approximate surface area is 157 Å². The van der Waals surface area contributed by atoms with E-state index in [9.17, 15) is 0 Å². The molecule has 2 rings (SSSR count). The van der Waals surface area contributed by atoms with Crippen molar-refractivity contribution in [2.24, 2.45) is 5.10 Å². The average Bonchev–Trinajstić information content (AvgIpc) is 2.58. The van der Waals surface area contributed by atoms with Gasteiger partial charge in [0.05, 0.1) is 18.5 Å². The SMILES string of the molecule is CCOc1cc(/C=N\Nc2ccc(Br)cc2)c(Br)cc1OCC#N. The zero-order chi connectivity index (χ0) is 17.4. The van der Waals surface area contributed by atoms with Gasteiger partial charge in [-0.2, -0.15) is 10.4 Å². The molecule has 124 valence electrons. The molecule has 7 heteroatoms. The summed E-state index contributed by atoms with van der Waals surface area (Å²) in [5, 5.41) is 12.9. The van der Waals surface area contributed by atoms with E-state index in [1.807, 2.05) is 43.3 Å². The van der Waals surface area contributed by atoms with Crippen molar-refractivity contribution in [3.05, 3.63) is 50.9 Å². The van der Waals surface area contributed by atoms with Crippen LogP contribution in [-0.2, 0) is 0 Å². The standard InChI is InChI=1S/C17H15Br2N3O2/c1-2-23-16-9-12(15(19)10-17(16)24-8-7-20)11-21-22-14-5-3-13(18)4-6-14/h3-6,9-11,22H,2,8H2,1H3/b21-11-. The van der Waals surface area contributed by atoms with E-state index >= 15 is 0 Å². The second-order valence-corrected chi connectivity index (χ2v) is 6.35. The van der Waals surface area contributed by atoms with E-state index in [0.717, 1.165) is 20.2 Å². The molecular weight excluding hydrogens is 438 g/mol. The van der Waals surface area contributed by atoms with Crippen LogP contribution in [0.4, 0.5) is 5.69 Å². The first-order chi connectivity index (χ1) is 11.6. The molecule has 0 aromatic heterocycles. The molecule has 2 aromatic rings. The van der Waals surface area contributed by atoms with Crippen LogP contribution in [0.3, 0.4) is 0 Å². The Morgan fingerprint density at radius 2 is 1.88 bits per heavy atom. The van der Waals surface area contributed by atoms with Crippen molar-refractivity contribution in [1.29, 1.82) is 5.26 Å². The minimum atomic E-state index is -0.0366. The summed E-state index contributed by atoms with van der Waals surface area (Å²) < 4.78 is 12.7. The summed E-state index contributed by atoms with van der Waals surface area (Å²) in [4.78, 5) is 0. The summed E-state index contributed by atoms with van der Waals surface area (Å²) in [5.74, 6) is 1.09. The molecule has 0 saturated heterocycles. The summed E-state index contributed by atoms with van der Waals surface area (Å²) in [7, 11) is 0. The minimum absolute atomic E-state index is 0.0366. The van der Waals surface area contributed by atoms with Crippen molar-refractivity contribution >= 4 is 43.8 Å². The minimum Gasteiger partial charge on any atom is -0.490 e. The molecule has 0 fully saturated rings. The van der Waals surface area contributed by atoms with Crippen molar-refractivity contribution in [1.82, 2.24) is 0 Å². The molecule has 0 aliphatic rings. The number of hydrogen-bond acceptors (Lipinski definition) is 5. The average molecular weight is 453 g/mol. The lowest BCUT2D eigenvalue weighted by Crippen LogP contribution is -2.01. The van der Waals surface area contributed by atoms with E-state index in [1.54, 1.807) is 12.3 Å². The predicted octanol–water partition coefficient (Wildman–Crippen LogP) is 4.96. The number of nitrogens with zero attached hydrogens (tertiary/aromatic N) is 2. The van der Waals surface area contributed by atoms with Gasteiger partial charge in [0.2, 0.25) is 0 Å². The van der Waals surface area contributed by atoms with E-state index in [4.69, 9.17) is 14.7 Å². The van der Waals surface area contributed by atoms with Gasteiger partial charge in [0.25, 0.3) is 0 Å². The molecule has 0 radical (unpaired) electrons.